The van der Waals surface area contributed by atoms with Crippen LogP contribution < -0.4 is 9.80 Å². The molecule has 0 aliphatic carbocycles. The molecule has 1 fully saturated rings. The first-order valence-electron chi connectivity index (χ1n) is 10.1. The number of nitrogens with zero attached hydrogens (tertiary/aromatic N) is 4. The fourth-order valence-corrected chi connectivity index (χ4v) is 3.91. The van der Waals surface area contributed by atoms with Crippen LogP contribution in [0.5, 0.6) is 0 Å². The van der Waals surface area contributed by atoms with Gasteiger partial charge in [-0.1, -0.05) is 23.7 Å². The van der Waals surface area contributed by atoms with Gasteiger partial charge >= 0.3 is 0 Å². The summed E-state index contributed by atoms with van der Waals surface area (Å²) in [7, 11) is 0. The first kappa shape index (κ1) is 20.5. The maximum atomic E-state index is 12.7. The van der Waals surface area contributed by atoms with Crippen molar-refractivity contribution in [3.63, 3.8) is 0 Å². The number of rotatable bonds is 7. The van der Waals surface area contributed by atoms with Crippen LogP contribution in [0.15, 0.2) is 42.6 Å². The average molecular weight is 401 g/mol. The Balaban J connectivity index is 1.51. The van der Waals surface area contributed by atoms with Gasteiger partial charge in [-0.2, -0.15) is 0 Å². The van der Waals surface area contributed by atoms with Crippen LogP contribution in [0.3, 0.4) is 0 Å². The number of amides is 1. The van der Waals surface area contributed by atoms with E-state index in [1.54, 1.807) is 0 Å². The van der Waals surface area contributed by atoms with E-state index in [1.807, 2.05) is 41.4 Å². The number of carbonyl (C=O) groups is 1. The molecule has 1 amide bonds. The summed E-state index contributed by atoms with van der Waals surface area (Å²) in [6, 6.07) is 12.0. The summed E-state index contributed by atoms with van der Waals surface area (Å²) in [6.45, 7) is 9.24. The lowest BCUT2D eigenvalue weighted by Gasteiger charge is -2.36. The van der Waals surface area contributed by atoms with Gasteiger partial charge in [0.2, 0.25) is 5.91 Å². The number of aryl methyl sites for hydroxylation is 1. The molecule has 0 spiro atoms. The minimum absolute atomic E-state index is 0.222. The number of carbonyl (C=O) groups excluding carboxylic acids is 1. The molecule has 2 heterocycles. The van der Waals surface area contributed by atoms with Gasteiger partial charge in [0.25, 0.3) is 0 Å². The Morgan fingerprint density at radius 2 is 1.82 bits per heavy atom. The highest BCUT2D eigenvalue weighted by molar-refractivity contribution is 6.33. The van der Waals surface area contributed by atoms with E-state index in [4.69, 9.17) is 11.6 Å². The second-order valence-corrected chi connectivity index (χ2v) is 7.42. The summed E-state index contributed by atoms with van der Waals surface area (Å²) in [6.07, 6.45) is 3.13. The summed E-state index contributed by atoms with van der Waals surface area (Å²) in [5.41, 5.74) is 2.22. The Labute approximate surface area is 172 Å². The van der Waals surface area contributed by atoms with Crippen molar-refractivity contribution < 1.29 is 4.79 Å². The molecule has 1 aliphatic rings. The first-order valence-corrected chi connectivity index (χ1v) is 10.5. The van der Waals surface area contributed by atoms with Crippen molar-refractivity contribution in [1.82, 2.24) is 9.88 Å². The molecule has 0 radical (unpaired) electrons. The van der Waals surface area contributed by atoms with Gasteiger partial charge in [0.15, 0.2) is 0 Å². The minimum Gasteiger partial charge on any atom is -0.367 e. The van der Waals surface area contributed by atoms with E-state index in [1.165, 1.54) is 5.56 Å². The molecule has 3 rings (SSSR count). The van der Waals surface area contributed by atoms with Gasteiger partial charge in [-0.05, 0) is 50.1 Å². The van der Waals surface area contributed by atoms with Crippen molar-refractivity contribution in [2.75, 3.05) is 49.1 Å². The summed E-state index contributed by atoms with van der Waals surface area (Å²) < 4.78 is 0. The molecule has 0 N–H and O–H groups in total. The van der Waals surface area contributed by atoms with Crippen LogP contribution in [-0.2, 0) is 11.2 Å². The predicted octanol–water partition coefficient (Wildman–Crippen LogP) is 3.86. The van der Waals surface area contributed by atoms with Gasteiger partial charge in [-0.3, -0.25) is 4.79 Å². The zero-order chi connectivity index (χ0) is 19.9. The van der Waals surface area contributed by atoms with Crippen LogP contribution in [0.2, 0.25) is 5.02 Å². The lowest BCUT2D eigenvalue weighted by atomic mass is 10.1. The molecule has 1 aliphatic heterocycles. The second-order valence-electron chi connectivity index (χ2n) is 7.01. The fourth-order valence-electron chi connectivity index (χ4n) is 3.65. The zero-order valence-corrected chi connectivity index (χ0v) is 17.5. The molecule has 1 aromatic carbocycles. The van der Waals surface area contributed by atoms with E-state index >= 15 is 0 Å². The SMILES string of the molecule is CCN(CC)c1cc(CCC(=O)N2CCN(c3ccccc3Cl)CC2)ccn1. The number of halogens is 1. The molecule has 0 unspecified atom stereocenters. The zero-order valence-electron chi connectivity index (χ0n) is 16.8. The number of anilines is 2. The van der Waals surface area contributed by atoms with Crippen molar-refractivity contribution in [1.29, 1.82) is 0 Å². The van der Waals surface area contributed by atoms with Gasteiger partial charge in [0, 0.05) is 51.9 Å². The topological polar surface area (TPSA) is 39.7 Å². The van der Waals surface area contributed by atoms with E-state index < -0.39 is 0 Å². The number of pyridine rings is 1. The highest BCUT2D eigenvalue weighted by Crippen LogP contribution is 2.26. The maximum absolute atomic E-state index is 12.7. The summed E-state index contributed by atoms with van der Waals surface area (Å²) in [5, 5.41) is 0.768. The maximum Gasteiger partial charge on any atom is 0.223 e. The van der Waals surface area contributed by atoms with Gasteiger partial charge in [0.1, 0.15) is 5.82 Å². The normalized spacial score (nSPS) is 14.2. The van der Waals surface area contributed by atoms with Crippen LogP contribution in [0.4, 0.5) is 11.5 Å². The Kier molecular flexibility index (Phi) is 7.15. The van der Waals surface area contributed by atoms with Gasteiger partial charge < -0.3 is 14.7 Å². The molecule has 6 heteroatoms. The molecule has 2 aromatic rings. The van der Waals surface area contributed by atoms with Crippen LogP contribution >= 0.6 is 11.6 Å². The quantitative estimate of drug-likeness (QED) is 0.707. The fraction of sp³-hybridized carbons (Fsp3) is 0.455. The number of hydrogen-bond acceptors (Lipinski definition) is 4. The molecule has 1 saturated heterocycles. The summed E-state index contributed by atoms with van der Waals surface area (Å²) in [4.78, 5) is 23.6. The van der Waals surface area contributed by atoms with Crippen LogP contribution in [-0.4, -0.2) is 55.1 Å². The van der Waals surface area contributed by atoms with Crippen LogP contribution in [0.1, 0.15) is 25.8 Å². The molecule has 0 saturated carbocycles. The highest BCUT2D eigenvalue weighted by atomic mass is 35.5. The van der Waals surface area contributed by atoms with Crippen molar-refractivity contribution in [3.05, 3.63) is 53.2 Å². The number of piperazine rings is 1. The summed E-state index contributed by atoms with van der Waals surface area (Å²) in [5.74, 6) is 1.21. The molecule has 1 aromatic heterocycles. The average Bonchev–Trinajstić information content (AvgIpc) is 2.74. The predicted molar refractivity (Wildman–Crippen MR) is 116 cm³/mol. The van der Waals surface area contributed by atoms with Crippen molar-refractivity contribution >= 4 is 29.0 Å². The highest BCUT2D eigenvalue weighted by Gasteiger charge is 2.22. The van der Waals surface area contributed by atoms with Gasteiger partial charge in [-0.25, -0.2) is 4.98 Å². The van der Waals surface area contributed by atoms with E-state index in [2.05, 4.69) is 34.7 Å². The van der Waals surface area contributed by atoms with Crippen LogP contribution in [0.25, 0.3) is 0 Å². The number of benzene rings is 1. The molecule has 0 atom stereocenters. The summed E-state index contributed by atoms with van der Waals surface area (Å²) >= 11 is 6.30. The molecule has 5 nitrogen and oxygen atoms in total. The molecular weight excluding hydrogens is 372 g/mol. The van der Waals surface area contributed by atoms with E-state index in [0.717, 1.165) is 62.2 Å². The number of aromatic nitrogens is 1. The lowest BCUT2D eigenvalue weighted by Crippen LogP contribution is -2.48. The van der Waals surface area contributed by atoms with E-state index in [0.29, 0.717) is 6.42 Å². The van der Waals surface area contributed by atoms with Gasteiger partial charge in [-0.15, -0.1) is 0 Å². The third-order valence-corrected chi connectivity index (χ3v) is 5.67. The smallest absolute Gasteiger partial charge is 0.223 e. The van der Waals surface area contributed by atoms with Crippen molar-refractivity contribution in [2.45, 2.75) is 26.7 Å². The Bertz CT molecular complexity index is 786. The Morgan fingerprint density at radius 3 is 2.50 bits per heavy atom. The van der Waals surface area contributed by atoms with E-state index in [-0.39, 0.29) is 5.91 Å². The Morgan fingerprint density at radius 1 is 1.11 bits per heavy atom. The van der Waals surface area contributed by atoms with Gasteiger partial charge in [0.05, 0.1) is 10.7 Å². The molecule has 150 valence electrons. The third kappa shape index (κ3) is 4.96. The largest absolute Gasteiger partial charge is 0.367 e. The van der Waals surface area contributed by atoms with Crippen molar-refractivity contribution in [2.24, 2.45) is 0 Å². The van der Waals surface area contributed by atoms with Crippen LogP contribution in [0, 0.1) is 0 Å². The molecule has 0 bridgehead atoms. The second kappa shape index (κ2) is 9.78. The minimum atomic E-state index is 0.222. The Hall–Kier alpha value is -2.27. The molecular formula is C22H29ClN4O. The standard InChI is InChI=1S/C22H29ClN4O/c1-3-25(4-2)21-17-18(11-12-24-21)9-10-22(28)27-15-13-26(14-16-27)20-8-6-5-7-19(20)23/h5-8,11-12,17H,3-4,9-10,13-16H2,1-2H3. The van der Waals surface area contributed by atoms with E-state index in [9.17, 15) is 4.79 Å². The first-order chi connectivity index (χ1) is 13.6. The lowest BCUT2D eigenvalue weighted by molar-refractivity contribution is -0.131. The van der Waals surface area contributed by atoms with Crippen molar-refractivity contribution in [3.8, 4) is 0 Å². The number of para-hydroxylation sites is 1. The number of hydrogen-bond donors (Lipinski definition) is 0. The monoisotopic (exact) mass is 400 g/mol. The molecule has 28 heavy (non-hydrogen) atoms. The third-order valence-electron chi connectivity index (χ3n) is 5.35.